The number of unbranched alkanes of at least 4 members (excludes halogenated alkanes) is 1. The van der Waals surface area contributed by atoms with Crippen LogP contribution in [0.25, 0.3) is 0 Å². The molecule has 1 aromatic heterocycles. The lowest BCUT2D eigenvalue weighted by atomic mass is 10.1. The molecule has 0 aliphatic heterocycles. The molecule has 23 heavy (non-hydrogen) atoms. The lowest BCUT2D eigenvalue weighted by Gasteiger charge is -2.18. The van der Waals surface area contributed by atoms with Crippen molar-refractivity contribution in [1.82, 2.24) is 20.2 Å². The first-order valence-corrected chi connectivity index (χ1v) is 8.20. The molecule has 1 heterocycles. The number of hydrogen-bond acceptors (Lipinski definition) is 2. The van der Waals surface area contributed by atoms with Gasteiger partial charge in [-0.05, 0) is 32.3 Å². The molecule has 1 aromatic carbocycles. The normalized spacial score (nSPS) is 12.9. The fraction of sp³-hybridized carbons (Fsp3) is 0.444. The summed E-state index contributed by atoms with van der Waals surface area (Å²) < 4.78 is 2.19. The van der Waals surface area contributed by atoms with E-state index in [0.29, 0.717) is 0 Å². The fourth-order valence-electron chi connectivity index (χ4n) is 2.48. The van der Waals surface area contributed by atoms with Gasteiger partial charge >= 0.3 is 0 Å². The molecule has 1 atom stereocenters. The van der Waals surface area contributed by atoms with Gasteiger partial charge in [0, 0.05) is 32.5 Å². The Morgan fingerprint density at radius 3 is 2.70 bits per heavy atom. The lowest BCUT2D eigenvalue weighted by molar-refractivity contribution is 0.585. The van der Waals surface area contributed by atoms with Crippen LogP contribution in [0.3, 0.4) is 0 Å². The van der Waals surface area contributed by atoms with Crippen molar-refractivity contribution in [3.05, 3.63) is 54.1 Å². The molecule has 0 bridgehead atoms. The number of nitrogens with zero attached hydrogens (tertiary/aromatic N) is 3. The zero-order chi connectivity index (χ0) is 16.5. The Morgan fingerprint density at radius 1 is 1.26 bits per heavy atom. The summed E-state index contributed by atoms with van der Waals surface area (Å²) in [5.74, 6) is 1.92. The van der Waals surface area contributed by atoms with Crippen LogP contribution in [0.4, 0.5) is 0 Å². The van der Waals surface area contributed by atoms with E-state index in [0.717, 1.165) is 37.7 Å². The van der Waals surface area contributed by atoms with E-state index < -0.39 is 0 Å². The molecule has 1 unspecified atom stereocenters. The molecule has 0 amide bonds. The number of aryl methyl sites for hydroxylation is 2. The second-order valence-corrected chi connectivity index (χ2v) is 5.65. The third kappa shape index (κ3) is 5.43. The molecular weight excluding hydrogens is 286 g/mol. The van der Waals surface area contributed by atoms with Crippen molar-refractivity contribution in [3.63, 3.8) is 0 Å². The van der Waals surface area contributed by atoms with Gasteiger partial charge < -0.3 is 15.2 Å². The number of hydrogen-bond donors (Lipinski definition) is 2. The van der Waals surface area contributed by atoms with Crippen molar-refractivity contribution in [2.75, 3.05) is 13.6 Å². The highest BCUT2D eigenvalue weighted by atomic mass is 15.2. The van der Waals surface area contributed by atoms with E-state index in [1.54, 1.807) is 0 Å². The Hall–Kier alpha value is -2.30. The summed E-state index contributed by atoms with van der Waals surface area (Å²) in [5, 5.41) is 6.80. The maximum absolute atomic E-state index is 4.29. The highest BCUT2D eigenvalue weighted by Crippen LogP contribution is 2.10. The summed E-state index contributed by atoms with van der Waals surface area (Å²) in [6.07, 6.45) is 6.10. The van der Waals surface area contributed by atoms with Gasteiger partial charge in [-0.1, -0.05) is 30.3 Å². The van der Waals surface area contributed by atoms with Crippen molar-refractivity contribution in [2.24, 2.45) is 4.99 Å². The summed E-state index contributed by atoms with van der Waals surface area (Å²) in [7, 11) is 1.81. The maximum atomic E-state index is 4.29. The second-order valence-electron chi connectivity index (χ2n) is 5.65. The van der Waals surface area contributed by atoms with E-state index >= 15 is 0 Å². The van der Waals surface area contributed by atoms with Gasteiger partial charge in [-0.3, -0.25) is 4.99 Å². The Bertz CT molecular complexity index is 603. The van der Waals surface area contributed by atoms with Gasteiger partial charge in [-0.2, -0.15) is 0 Å². The number of guanidine groups is 1. The molecule has 2 N–H and O–H groups in total. The largest absolute Gasteiger partial charge is 0.356 e. The zero-order valence-electron chi connectivity index (χ0n) is 14.3. The Labute approximate surface area is 138 Å². The van der Waals surface area contributed by atoms with E-state index in [4.69, 9.17) is 0 Å². The van der Waals surface area contributed by atoms with E-state index in [9.17, 15) is 0 Å². The van der Waals surface area contributed by atoms with Gasteiger partial charge in [0.15, 0.2) is 5.96 Å². The summed E-state index contributed by atoms with van der Waals surface area (Å²) in [6.45, 7) is 6.11. The van der Waals surface area contributed by atoms with E-state index in [2.05, 4.69) is 56.4 Å². The summed E-state index contributed by atoms with van der Waals surface area (Å²) in [6, 6.07) is 10.6. The van der Waals surface area contributed by atoms with Crippen molar-refractivity contribution in [2.45, 2.75) is 39.3 Å². The van der Waals surface area contributed by atoms with Gasteiger partial charge in [-0.15, -0.1) is 0 Å². The second kappa shape index (κ2) is 8.98. The van der Waals surface area contributed by atoms with Crippen molar-refractivity contribution < 1.29 is 0 Å². The van der Waals surface area contributed by atoms with Crippen molar-refractivity contribution >= 4 is 5.96 Å². The molecule has 0 spiro atoms. The van der Waals surface area contributed by atoms with Gasteiger partial charge in [-0.25, -0.2) is 4.98 Å². The van der Waals surface area contributed by atoms with Crippen LogP contribution in [-0.2, 0) is 6.54 Å². The first-order chi connectivity index (χ1) is 11.2. The standard InChI is InChI=1S/C18H27N5/c1-15(17-9-5-4-6-10-17)22-18(19-3)21-11-7-8-13-23-14-12-20-16(23)2/h4-6,9-10,12,14-15H,7-8,11,13H2,1-3H3,(H2,19,21,22). The highest BCUT2D eigenvalue weighted by molar-refractivity contribution is 5.80. The highest BCUT2D eigenvalue weighted by Gasteiger charge is 2.06. The summed E-state index contributed by atoms with van der Waals surface area (Å²) >= 11 is 0. The van der Waals surface area contributed by atoms with Gasteiger partial charge in [0.25, 0.3) is 0 Å². The smallest absolute Gasteiger partial charge is 0.191 e. The summed E-state index contributed by atoms with van der Waals surface area (Å²) in [5.41, 5.74) is 1.26. The molecule has 5 nitrogen and oxygen atoms in total. The zero-order valence-corrected chi connectivity index (χ0v) is 14.3. The first-order valence-electron chi connectivity index (χ1n) is 8.20. The Morgan fingerprint density at radius 2 is 2.04 bits per heavy atom. The minimum absolute atomic E-state index is 0.232. The number of benzene rings is 1. The topological polar surface area (TPSA) is 54.2 Å². The molecule has 0 saturated carbocycles. The van der Waals surface area contributed by atoms with Crippen LogP contribution in [-0.4, -0.2) is 29.1 Å². The molecule has 124 valence electrons. The molecule has 2 aromatic rings. The van der Waals surface area contributed by atoms with Crippen LogP contribution in [0.2, 0.25) is 0 Å². The maximum Gasteiger partial charge on any atom is 0.191 e. The number of imidazole rings is 1. The van der Waals surface area contributed by atoms with Crippen LogP contribution in [0, 0.1) is 6.92 Å². The third-order valence-corrected chi connectivity index (χ3v) is 3.92. The van der Waals surface area contributed by atoms with Crippen LogP contribution < -0.4 is 10.6 Å². The average molecular weight is 313 g/mol. The van der Waals surface area contributed by atoms with Crippen molar-refractivity contribution in [3.8, 4) is 0 Å². The molecule has 0 saturated heterocycles. The average Bonchev–Trinajstić information content (AvgIpc) is 2.99. The predicted molar refractivity (Wildman–Crippen MR) is 95.6 cm³/mol. The van der Waals surface area contributed by atoms with Gasteiger partial charge in [0.2, 0.25) is 0 Å². The van der Waals surface area contributed by atoms with E-state index in [1.807, 2.05) is 32.4 Å². The third-order valence-electron chi connectivity index (χ3n) is 3.92. The quantitative estimate of drug-likeness (QED) is 0.469. The Kier molecular flexibility index (Phi) is 6.66. The molecule has 0 aliphatic carbocycles. The number of aromatic nitrogens is 2. The number of nitrogens with one attached hydrogen (secondary N) is 2. The van der Waals surface area contributed by atoms with E-state index in [1.165, 1.54) is 5.56 Å². The van der Waals surface area contributed by atoms with Crippen LogP contribution in [0.15, 0.2) is 47.7 Å². The lowest BCUT2D eigenvalue weighted by Crippen LogP contribution is -2.39. The monoisotopic (exact) mass is 313 g/mol. The molecule has 0 aliphatic rings. The van der Waals surface area contributed by atoms with Crippen LogP contribution in [0.5, 0.6) is 0 Å². The van der Waals surface area contributed by atoms with Crippen molar-refractivity contribution in [1.29, 1.82) is 0 Å². The van der Waals surface area contributed by atoms with Crippen LogP contribution >= 0.6 is 0 Å². The fourth-order valence-corrected chi connectivity index (χ4v) is 2.48. The predicted octanol–water partition coefficient (Wildman–Crippen LogP) is 2.90. The Balaban J connectivity index is 1.68. The SMILES string of the molecule is CN=C(NCCCCn1ccnc1C)NC(C)c1ccccc1. The molecular formula is C18H27N5. The number of rotatable bonds is 7. The van der Waals surface area contributed by atoms with Gasteiger partial charge in [0.1, 0.15) is 5.82 Å². The number of aliphatic imine (C=N–C) groups is 1. The molecule has 5 heteroatoms. The molecule has 0 fully saturated rings. The summed E-state index contributed by atoms with van der Waals surface area (Å²) in [4.78, 5) is 8.53. The van der Waals surface area contributed by atoms with Crippen LogP contribution in [0.1, 0.15) is 37.2 Å². The first kappa shape index (κ1) is 17.1. The molecule has 2 rings (SSSR count). The minimum atomic E-state index is 0.232. The van der Waals surface area contributed by atoms with Gasteiger partial charge in [0.05, 0.1) is 6.04 Å². The molecule has 0 radical (unpaired) electrons. The van der Waals surface area contributed by atoms with E-state index in [-0.39, 0.29) is 6.04 Å². The minimum Gasteiger partial charge on any atom is -0.356 e.